The van der Waals surface area contributed by atoms with Gasteiger partial charge in [-0.25, -0.2) is 4.98 Å². The average Bonchev–Trinajstić information content (AvgIpc) is 2.92. The Labute approximate surface area is 146 Å². The number of hydrogen-bond acceptors (Lipinski definition) is 4. The largest absolute Gasteiger partial charge is 0.358 e. The molecule has 0 N–H and O–H groups in total. The first kappa shape index (κ1) is 20.2. The van der Waals surface area contributed by atoms with Crippen molar-refractivity contribution < 1.29 is 9.32 Å². The van der Waals surface area contributed by atoms with Gasteiger partial charge in [0, 0.05) is 20.8 Å². The lowest BCUT2D eigenvalue weighted by molar-refractivity contribution is -0.110. The number of aromatic nitrogens is 1. The SMILES string of the molecule is C/C(=C/C[C@H](OP)/C(C)=C/c1csc(C)n1)CCC[C@H](C)C=O. The smallest absolute Gasteiger partial charge is 0.122 e. The zero-order valence-corrected chi connectivity index (χ0v) is 16.5. The van der Waals surface area contributed by atoms with Gasteiger partial charge in [0.1, 0.15) is 6.29 Å². The third kappa shape index (κ3) is 8.01. The van der Waals surface area contributed by atoms with Gasteiger partial charge in [-0.05, 0) is 58.1 Å². The molecule has 128 valence electrons. The maximum absolute atomic E-state index is 10.6. The lowest BCUT2D eigenvalue weighted by atomic mass is 10.0. The topological polar surface area (TPSA) is 39.2 Å². The van der Waals surface area contributed by atoms with Crippen LogP contribution < -0.4 is 0 Å². The molecule has 1 aromatic rings. The van der Waals surface area contributed by atoms with Gasteiger partial charge in [-0.2, -0.15) is 0 Å². The highest BCUT2D eigenvalue weighted by Crippen LogP contribution is 2.20. The maximum atomic E-state index is 10.6. The van der Waals surface area contributed by atoms with Crippen molar-refractivity contribution >= 4 is 33.2 Å². The van der Waals surface area contributed by atoms with Crippen LogP contribution in [0.3, 0.4) is 0 Å². The van der Waals surface area contributed by atoms with E-state index in [2.05, 4.69) is 45.8 Å². The highest BCUT2D eigenvalue weighted by Gasteiger charge is 2.09. The molecule has 0 saturated heterocycles. The van der Waals surface area contributed by atoms with Crippen LogP contribution in [0.1, 0.15) is 57.2 Å². The Kier molecular flexibility index (Phi) is 9.54. The number of nitrogens with zero attached hydrogens (tertiary/aromatic N) is 1. The minimum absolute atomic E-state index is 0.0471. The summed E-state index contributed by atoms with van der Waals surface area (Å²) in [6, 6.07) is 0. The molecule has 1 heterocycles. The number of rotatable bonds is 10. The van der Waals surface area contributed by atoms with E-state index in [4.69, 9.17) is 4.52 Å². The minimum atomic E-state index is 0.0471. The second kappa shape index (κ2) is 10.9. The van der Waals surface area contributed by atoms with Gasteiger partial charge in [-0.15, -0.1) is 11.3 Å². The van der Waals surface area contributed by atoms with E-state index in [9.17, 15) is 4.79 Å². The molecule has 23 heavy (non-hydrogen) atoms. The Morgan fingerprint density at radius 1 is 1.48 bits per heavy atom. The normalized spacial score (nSPS) is 15.5. The number of hydrogen-bond donors (Lipinski definition) is 0. The highest BCUT2D eigenvalue weighted by molar-refractivity contribution is 7.10. The van der Waals surface area contributed by atoms with Gasteiger partial charge in [0.25, 0.3) is 0 Å². The molecular weight excluding hydrogens is 325 g/mol. The van der Waals surface area contributed by atoms with Crippen molar-refractivity contribution in [3.8, 4) is 0 Å². The maximum Gasteiger partial charge on any atom is 0.122 e. The standard InChI is InChI=1S/C18H28NO2PS/c1-13(6-5-7-14(2)11-20)8-9-18(21-22)15(3)10-17-12-23-16(4)19-17/h8,10-12,14,18H,5-7,9,22H2,1-4H3/b13-8-,15-10+/t14-,18-/m0/s1. The zero-order valence-electron chi connectivity index (χ0n) is 14.5. The molecule has 0 bridgehead atoms. The number of carbonyl (C=O) groups is 1. The van der Waals surface area contributed by atoms with Gasteiger partial charge >= 0.3 is 0 Å². The molecule has 0 aromatic carbocycles. The summed E-state index contributed by atoms with van der Waals surface area (Å²) in [5.41, 5.74) is 3.52. The molecule has 1 rings (SSSR count). The van der Waals surface area contributed by atoms with Gasteiger partial charge in [0.15, 0.2) is 0 Å². The molecule has 0 spiro atoms. The van der Waals surface area contributed by atoms with Crippen molar-refractivity contribution in [2.75, 3.05) is 0 Å². The van der Waals surface area contributed by atoms with Crippen LogP contribution in [0.2, 0.25) is 0 Å². The van der Waals surface area contributed by atoms with Crippen LogP contribution >= 0.6 is 20.8 Å². The first-order valence-corrected chi connectivity index (χ1v) is 9.38. The fraction of sp³-hybridized carbons (Fsp3) is 0.556. The Balaban J connectivity index is 2.52. The molecule has 0 aliphatic heterocycles. The molecule has 1 unspecified atom stereocenters. The summed E-state index contributed by atoms with van der Waals surface area (Å²) < 4.78 is 5.53. The molecule has 1 aromatic heterocycles. The van der Waals surface area contributed by atoms with Crippen LogP contribution in [-0.2, 0) is 9.32 Å². The van der Waals surface area contributed by atoms with Crippen molar-refractivity contribution in [2.24, 2.45) is 5.92 Å². The van der Waals surface area contributed by atoms with E-state index in [0.29, 0.717) is 0 Å². The Morgan fingerprint density at radius 3 is 2.78 bits per heavy atom. The van der Waals surface area contributed by atoms with Crippen molar-refractivity contribution in [3.05, 3.63) is 33.3 Å². The highest BCUT2D eigenvalue weighted by atomic mass is 32.1. The first-order valence-electron chi connectivity index (χ1n) is 8.03. The van der Waals surface area contributed by atoms with Crippen molar-refractivity contribution in [3.63, 3.8) is 0 Å². The van der Waals surface area contributed by atoms with Crippen molar-refractivity contribution in [1.82, 2.24) is 4.98 Å². The summed E-state index contributed by atoms with van der Waals surface area (Å²) in [4.78, 5) is 15.1. The molecule has 0 saturated carbocycles. The van der Waals surface area contributed by atoms with Gasteiger partial charge in [-0.1, -0.05) is 18.6 Å². The van der Waals surface area contributed by atoms with Crippen molar-refractivity contribution in [2.45, 2.75) is 59.5 Å². The predicted molar refractivity (Wildman–Crippen MR) is 103 cm³/mol. The molecule has 0 aliphatic rings. The summed E-state index contributed by atoms with van der Waals surface area (Å²) in [7, 11) is 2.37. The van der Waals surface area contributed by atoms with E-state index in [1.165, 1.54) is 11.1 Å². The minimum Gasteiger partial charge on any atom is -0.358 e. The number of aryl methyl sites for hydroxylation is 1. The van der Waals surface area contributed by atoms with E-state index < -0.39 is 0 Å². The van der Waals surface area contributed by atoms with Crippen LogP contribution in [0, 0.1) is 12.8 Å². The lowest BCUT2D eigenvalue weighted by Gasteiger charge is -2.14. The van der Waals surface area contributed by atoms with E-state index in [0.717, 1.165) is 42.7 Å². The number of thiazole rings is 1. The molecule has 5 heteroatoms. The van der Waals surface area contributed by atoms with Crippen LogP contribution in [0.5, 0.6) is 0 Å². The molecule has 0 amide bonds. The summed E-state index contributed by atoms with van der Waals surface area (Å²) in [6.45, 7) is 8.21. The Bertz CT molecular complexity index is 551. The fourth-order valence-corrected chi connectivity index (χ4v) is 3.20. The van der Waals surface area contributed by atoms with E-state index in [1.54, 1.807) is 11.3 Å². The quantitative estimate of drug-likeness (QED) is 0.322. The number of allylic oxidation sites excluding steroid dienone is 1. The zero-order chi connectivity index (χ0) is 17.2. The average molecular weight is 353 g/mol. The predicted octanol–water partition coefficient (Wildman–Crippen LogP) is 5.37. The van der Waals surface area contributed by atoms with Gasteiger partial charge in [-0.3, -0.25) is 0 Å². The molecule has 0 radical (unpaired) electrons. The van der Waals surface area contributed by atoms with Crippen LogP contribution in [0.15, 0.2) is 22.6 Å². The molecule has 0 fully saturated rings. The summed E-state index contributed by atoms with van der Waals surface area (Å²) in [5, 5.41) is 3.14. The summed E-state index contributed by atoms with van der Waals surface area (Å²) >= 11 is 1.66. The van der Waals surface area contributed by atoms with Gasteiger partial charge in [0.2, 0.25) is 0 Å². The van der Waals surface area contributed by atoms with Gasteiger partial charge < -0.3 is 9.32 Å². The number of aldehydes is 1. The molecule has 0 aliphatic carbocycles. The summed E-state index contributed by atoms with van der Waals surface area (Å²) in [5.74, 6) is 0.165. The summed E-state index contributed by atoms with van der Waals surface area (Å²) in [6.07, 6.45) is 9.32. The third-order valence-corrected chi connectivity index (χ3v) is 4.95. The van der Waals surface area contributed by atoms with E-state index >= 15 is 0 Å². The van der Waals surface area contributed by atoms with Crippen LogP contribution in [0.4, 0.5) is 0 Å². The van der Waals surface area contributed by atoms with Crippen molar-refractivity contribution in [1.29, 1.82) is 0 Å². The Hall–Kier alpha value is -0.830. The second-order valence-corrected chi connectivity index (χ2v) is 7.43. The molecular formula is C18H28NO2PS. The first-order chi connectivity index (χ1) is 11.0. The van der Waals surface area contributed by atoms with Gasteiger partial charge in [0.05, 0.1) is 16.8 Å². The monoisotopic (exact) mass is 353 g/mol. The van der Waals surface area contributed by atoms with E-state index in [-0.39, 0.29) is 12.0 Å². The fourth-order valence-electron chi connectivity index (χ4n) is 2.30. The lowest BCUT2D eigenvalue weighted by Crippen LogP contribution is -2.08. The van der Waals surface area contributed by atoms with Crippen LogP contribution in [-0.4, -0.2) is 17.4 Å². The Morgan fingerprint density at radius 2 is 2.22 bits per heavy atom. The molecule has 3 nitrogen and oxygen atoms in total. The third-order valence-electron chi connectivity index (χ3n) is 3.83. The number of carbonyl (C=O) groups excluding carboxylic acids is 1. The second-order valence-electron chi connectivity index (χ2n) is 6.10. The van der Waals surface area contributed by atoms with E-state index in [1.807, 2.05) is 13.8 Å². The van der Waals surface area contributed by atoms with Crippen LogP contribution in [0.25, 0.3) is 6.08 Å². The molecule has 3 atom stereocenters.